The van der Waals surface area contributed by atoms with E-state index in [-0.39, 0.29) is 11.5 Å². The Morgan fingerprint density at radius 2 is 1.83 bits per heavy atom. The minimum absolute atomic E-state index is 0.153. The number of benzene rings is 2. The van der Waals surface area contributed by atoms with Crippen LogP contribution in [0.25, 0.3) is 22.7 Å². The Kier molecular flexibility index (Phi) is 3.16. The Morgan fingerprint density at radius 3 is 2.57 bits per heavy atom. The maximum atomic E-state index is 10.7. The molecule has 2 aromatic carbocycles. The van der Waals surface area contributed by atoms with Crippen molar-refractivity contribution < 1.29 is 10.2 Å². The van der Waals surface area contributed by atoms with Crippen molar-refractivity contribution in [2.75, 3.05) is 0 Å². The molecule has 0 unspecified atom stereocenters. The van der Waals surface area contributed by atoms with Crippen molar-refractivity contribution in [3.05, 3.63) is 53.2 Å². The average molecular weight is 323 g/mol. The lowest BCUT2D eigenvalue weighted by Crippen LogP contribution is -2.00. The second kappa shape index (κ2) is 5.10. The van der Waals surface area contributed by atoms with Gasteiger partial charge in [0, 0.05) is 16.9 Å². The highest BCUT2D eigenvalue weighted by atomic mass is 32.1. The molecule has 1 aliphatic rings. The quantitative estimate of drug-likeness (QED) is 0.453. The molecule has 3 aromatic rings. The van der Waals surface area contributed by atoms with Gasteiger partial charge in [0.25, 0.3) is 0 Å². The third-order valence-electron chi connectivity index (χ3n) is 4.56. The van der Waals surface area contributed by atoms with Crippen molar-refractivity contribution in [1.82, 2.24) is 4.57 Å². The summed E-state index contributed by atoms with van der Waals surface area (Å²) in [5.74, 6) is 0.328. The number of para-hydroxylation sites is 1. The molecule has 0 aliphatic heterocycles. The van der Waals surface area contributed by atoms with Crippen LogP contribution >= 0.6 is 12.6 Å². The first-order valence-electron chi connectivity index (χ1n) is 7.64. The van der Waals surface area contributed by atoms with E-state index in [9.17, 15) is 10.2 Å². The first kappa shape index (κ1) is 14.3. The molecule has 0 amide bonds. The summed E-state index contributed by atoms with van der Waals surface area (Å²) < 4.78 is 2.02. The molecule has 2 N–H and O–H groups in total. The predicted octanol–water partition coefficient (Wildman–Crippen LogP) is 4.60. The summed E-state index contributed by atoms with van der Waals surface area (Å²) in [7, 11) is 0. The number of nitrogens with zero attached hydrogens (tertiary/aromatic N) is 1. The summed E-state index contributed by atoms with van der Waals surface area (Å²) >= 11 is 4.38. The second-order valence-corrected chi connectivity index (χ2v) is 6.32. The van der Waals surface area contributed by atoms with Gasteiger partial charge in [-0.1, -0.05) is 24.3 Å². The van der Waals surface area contributed by atoms with Gasteiger partial charge < -0.3 is 14.8 Å². The van der Waals surface area contributed by atoms with E-state index in [0.717, 1.165) is 29.8 Å². The fourth-order valence-corrected chi connectivity index (χ4v) is 3.62. The summed E-state index contributed by atoms with van der Waals surface area (Å²) in [6.45, 7) is 1.77. The zero-order valence-electron chi connectivity index (χ0n) is 12.7. The lowest BCUT2D eigenvalue weighted by molar-refractivity contribution is 0.453. The summed E-state index contributed by atoms with van der Waals surface area (Å²) in [6.07, 6.45) is 5.96. The normalized spacial score (nSPS) is 13.5. The van der Waals surface area contributed by atoms with Crippen molar-refractivity contribution in [2.24, 2.45) is 0 Å². The highest BCUT2D eigenvalue weighted by molar-refractivity contribution is 7.80. The number of aryl methyl sites for hydroxylation is 1. The monoisotopic (exact) mass is 323 g/mol. The number of aromatic nitrogens is 1. The van der Waals surface area contributed by atoms with Crippen molar-refractivity contribution in [2.45, 2.75) is 24.7 Å². The molecule has 0 bridgehead atoms. The highest BCUT2D eigenvalue weighted by Crippen LogP contribution is 2.47. The number of fused-ring (bicyclic) bond motifs is 3. The molecule has 3 nitrogen and oxygen atoms in total. The largest absolute Gasteiger partial charge is 0.506 e. The van der Waals surface area contributed by atoms with Gasteiger partial charge in [0.05, 0.1) is 15.8 Å². The lowest BCUT2D eigenvalue weighted by Gasteiger charge is -2.13. The lowest BCUT2D eigenvalue weighted by atomic mass is 9.99. The van der Waals surface area contributed by atoms with E-state index in [1.807, 2.05) is 34.9 Å². The number of hydrogen-bond donors (Lipinski definition) is 3. The molecule has 4 heteroatoms. The number of allylic oxidation sites excluding steroid dienone is 1. The van der Waals surface area contributed by atoms with Crippen LogP contribution in [0.15, 0.2) is 41.3 Å². The number of hydrogen-bond acceptors (Lipinski definition) is 3. The van der Waals surface area contributed by atoms with Crippen molar-refractivity contribution in [1.29, 1.82) is 0 Å². The molecule has 0 fully saturated rings. The van der Waals surface area contributed by atoms with Crippen LogP contribution in [0.2, 0.25) is 0 Å². The molecule has 116 valence electrons. The van der Waals surface area contributed by atoms with Gasteiger partial charge in [-0.3, -0.25) is 0 Å². The number of aromatic hydroxyl groups is 2. The van der Waals surface area contributed by atoms with Crippen LogP contribution in [0.5, 0.6) is 11.5 Å². The van der Waals surface area contributed by atoms with Crippen LogP contribution in [-0.4, -0.2) is 14.8 Å². The van der Waals surface area contributed by atoms with E-state index in [1.54, 1.807) is 6.92 Å². The Morgan fingerprint density at radius 1 is 1.09 bits per heavy atom. The highest BCUT2D eigenvalue weighted by Gasteiger charge is 2.26. The predicted molar refractivity (Wildman–Crippen MR) is 95.9 cm³/mol. The van der Waals surface area contributed by atoms with E-state index < -0.39 is 0 Å². The topological polar surface area (TPSA) is 45.4 Å². The molecule has 1 heterocycles. The van der Waals surface area contributed by atoms with Crippen LogP contribution < -0.4 is 0 Å². The van der Waals surface area contributed by atoms with E-state index in [0.29, 0.717) is 21.4 Å². The summed E-state index contributed by atoms with van der Waals surface area (Å²) in [5.41, 5.74) is 4.29. The molecular formula is C19H17NO2S. The van der Waals surface area contributed by atoms with Gasteiger partial charge in [-0.2, -0.15) is 0 Å². The fourth-order valence-electron chi connectivity index (χ4n) is 3.40. The van der Waals surface area contributed by atoms with Crippen LogP contribution in [0.4, 0.5) is 0 Å². The van der Waals surface area contributed by atoms with Gasteiger partial charge >= 0.3 is 0 Å². The molecule has 0 atom stereocenters. The Labute approximate surface area is 139 Å². The summed E-state index contributed by atoms with van der Waals surface area (Å²) in [5, 5.41) is 22.1. The molecule has 1 aromatic heterocycles. The molecule has 23 heavy (non-hydrogen) atoms. The number of rotatable bonds is 1. The van der Waals surface area contributed by atoms with Crippen molar-refractivity contribution in [3.63, 3.8) is 0 Å². The van der Waals surface area contributed by atoms with Gasteiger partial charge in [-0.15, -0.1) is 12.6 Å². The fraction of sp³-hybridized carbons (Fsp3) is 0.158. The molecule has 4 rings (SSSR count). The van der Waals surface area contributed by atoms with E-state index >= 15 is 0 Å². The van der Waals surface area contributed by atoms with Gasteiger partial charge in [0.15, 0.2) is 0 Å². The van der Waals surface area contributed by atoms with Gasteiger partial charge in [0.2, 0.25) is 0 Å². The number of thiol groups is 1. The molecule has 0 saturated heterocycles. The SMILES string of the molecule is Cc1c(S)c(O)c2c3c(n(-c4ccccc4)c2c1O)C=CCC3. The summed E-state index contributed by atoms with van der Waals surface area (Å²) in [6, 6.07) is 9.91. The Balaban J connectivity index is 2.25. The standard InChI is InChI=1S/C19H17NO2S/c1-11-17(21)16-15(18(22)19(11)23)13-9-5-6-10-14(13)20(16)12-7-3-2-4-8-12/h2-4,6-8,10,21-23H,5,9H2,1H3. The zero-order valence-corrected chi connectivity index (χ0v) is 13.6. The first-order valence-corrected chi connectivity index (χ1v) is 8.08. The van der Waals surface area contributed by atoms with Crippen LogP contribution in [0.1, 0.15) is 23.2 Å². The second-order valence-electron chi connectivity index (χ2n) is 5.87. The van der Waals surface area contributed by atoms with Crippen molar-refractivity contribution in [3.8, 4) is 17.2 Å². The number of phenols is 2. The maximum Gasteiger partial charge on any atom is 0.144 e. The smallest absolute Gasteiger partial charge is 0.144 e. The van der Waals surface area contributed by atoms with E-state index in [4.69, 9.17) is 0 Å². The minimum Gasteiger partial charge on any atom is -0.506 e. The third-order valence-corrected chi connectivity index (χ3v) is 5.11. The average Bonchev–Trinajstić information content (AvgIpc) is 2.94. The minimum atomic E-state index is 0.153. The van der Waals surface area contributed by atoms with Crippen LogP contribution in [0, 0.1) is 6.92 Å². The maximum absolute atomic E-state index is 10.7. The van der Waals surface area contributed by atoms with E-state index in [1.165, 1.54) is 0 Å². The van der Waals surface area contributed by atoms with Gasteiger partial charge in [-0.25, -0.2) is 0 Å². The van der Waals surface area contributed by atoms with E-state index in [2.05, 4.69) is 24.8 Å². The molecule has 0 radical (unpaired) electrons. The van der Waals surface area contributed by atoms with Gasteiger partial charge in [0.1, 0.15) is 11.5 Å². The zero-order chi connectivity index (χ0) is 16.1. The third kappa shape index (κ3) is 1.91. The summed E-state index contributed by atoms with van der Waals surface area (Å²) in [4.78, 5) is 0.442. The molecule has 1 aliphatic carbocycles. The Hall–Kier alpha value is -2.33. The number of phenolic OH excluding ortho intramolecular Hbond substituents is 2. The first-order chi connectivity index (χ1) is 11.1. The molecule has 0 saturated carbocycles. The Bertz CT molecular complexity index is 955. The molecule has 0 spiro atoms. The molecular weight excluding hydrogens is 306 g/mol. The van der Waals surface area contributed by atoms with Gasteiger partial charge in [-0.05, 0) is 43.5 Å². The van der Waals surface area contributed by atoms with Crippen LogP contribution in [0.3, 0.4) is 0 Å². The van der Waals surface area contributed by atoms with Crippen LogP contribution in [-0.2, 0) is 6.42 Å². The van der Waals surface area contributed by atoms with Crippen molar-refractivity contribution >= 4 is 29.6 Å².